The summed E-state index contributed by atoms with van der Waals surface area (Å²) in [5, 5.41) is 3.54. The summed E-state index contributed by atoms with van der Waals surface area (Å²) < 4.78 is 5.93. The Morgan fingerprint density at radius 3 is 2.32 bits per heavy atom. The Hall–Kier alpha value is -0.770. The molecule has 0 amide bonds. The van der Waals surface area contributed by atoms with Gasteiger partial charge in [0.1, 0.15) is 0 Å². The number of likely N-dealkylation sites (tertiary alicyclic amines) is 1. The molecule has 0 aromatic rings. The van der Waals surface area contributed by atoms with Crippen LogP contribution in [0.3, 0.4) is 0 Å². The van der Waals surface area contributed by atoms with Crippen LogP contribution in [0.25, 0.3) is 0 Å². The van der Waals surface area contributed by atoms with Crippen molar-refractivity contribution >= 4 is 5.96 Å². The largest absolute Gasteiger partial charge is 0.378 e. The molecule has 2 atom stereocenters. The third-order valence-corrected chi connectivity index (χ3v) is 5.75. The molecule has 4 nitrogen and oxygen atoms in total. The second kappa shape index (κ2) is 8.19. The normalized spacial score (nSPS) is 29.9. The first-order valence-electron chi connectivity index (χ1n) is 9.44. The molecular weight excluding hydrogens is 274 g/mol. The molecular formula is C18H33N3O. The van der Waals surface area contributed by atoms with Crippen molar-refractivity contribution in [1.29, 1.82) is 0 Å². The van der Waals surface area contributed by atoms with Crippen molar-refractivity contribution in [2.45, 2.75) is 63.9 Å². The van der Waals surface area contributed by atoms with Gasteiger partial charge in [0.25, 0.3) is 0 Å². The zero-order valence-electron chi connectivity index (χ0n) is 14.2. The van der Waals surface area contributed by atoms with Crippen LogP contribution < -0.4 is 5.32 Å². The van der Waals surface area contributed by atoms with Crippen LogP contribution in [-0.2, 0) is 4.74 Å². The summed E-state index contributed by atoms with van der Waals surface area (Å²) in [5.41, 5.74) is 0. The molecule has 3 aliphatic rings. The molecule has 3 rings (SSSR count). The van der Waals surface area contributed by atoms with Crippen molar-refractivity contribution in [3.63, 3.8) is 0 Å². The van der Waals surface area contributed by atoms with Gasteiger partial charge < -0.3 is 15.0 Å². The topological polar surface area (TPSA) is 36.9 Å². The van der Waals surface area contributed by atoms with Gasteiger partial charge in [-0.1, -0.05) is 25.7 Å². The van der Waals surface area contributed by atoms with Crippen molar-refractivity contribution in [3.05, 3.63) is 0 Å². The molecule has 0 bridgehead atoms. The molecule has 1 N–H and O–H groups in total. The van der Waals surface area contributed by atoms with Crippen molar-refractivity contribution in [1.82, 2.24) is 10.2 Å². The summed E-state index contributed by atoms with van der Waals surface area (Å²) in [4.78, 5) is 6.98. The molecule has 3 fully saturated rings. The summed E-state index contributed by atoms with van der Waals surface area (Å²) in [6.07, 6.45) is 12.6. The number of guanidine groups is 1. The van der Waals surface area contributed by atoms with Gasteiger partial charge in [-0.15, -0.1) is 0 Å². The summed E-state index contributed by atoms with van der Waals surface area (Å²) in [5.74, 6) is 2.94. The molecule has 1 aliphatic heterocycles. The molecule has 1 saturated heterocycles. The first kappa shape index (κ1) is 16.1. The number of rotatable bonds is 5. The quantitative estimate of drug-likeness (QED) is 0.482. The lowest BCUT2D eigenvalue weighted by Crippen LogP contribution is -2.40. The number of nitrogens with one attached hydrogen (secondary N) is 1. The molecule has 22 heavy (non-hydrogen) atoms. The van der Waals surface area contributed by atoms with E-state index < -0.39 is 0 Å². The molecule has 0 aromatic heterocycles. The van der Waals surface area contributed by atoms with Crippen LogP contribution in [0.1, 0.15) is 57.8 Å². The maximum Gasteiger partial charge on any atom is 0.193 e. The Kier molecular flexibility index (Phi) is 5.99. The van der Waals surface area contributed by atoms with Gasteiger partial charge in [-0.05, 0) is 43.9 Å². The van der Waals surface area contributed by atoms with E-state index in [1.54, 1.807) is 0 Å². The lowest BCUT2D eigenvalue weighted by atomic mass is 9.82. The summed E-state index contributed by atoms with van der Waals surface area (Å²) in [7, 11) is 1.92. The van der Waals surface area contributed by atoms with Gasteiger partial charge in [0.2, 0.25) is 0 Å². The molecule has 0 radical (unpaired) electrons. The first-order valence-corrected chi connectivity index (χ1v) is 9.44. The maximum absolute atomic E-state index is 5.93. The average molecular weight is 307 g/mol. The highest BCUT2D eigenvalue weighted by Gasteiger charge is 2.35. The fourth-order valence-electron chi connectivity index (χ4n) is 4.49. The standard InChI is InChI=1S/C18H33N3O/c1-19-18(20-11-6-12-22-17-9-4-5-10-17)21-13-15-7-2-3-8-16(15)14-21/h15-17H,2-14H2,1H3,(H,19,20). The summed E-state index contributed by atoms with van der Waals surface area (Å²) in [6.45, 7) is 4.29. The zero-order valence-corrected chi connectivity index (χ0v) is 14.2. The Morgan fingerprint density at radius 1 is 1.05 bits per heavy atom. The first-order chi connectivity index (χ1) is 10.9. The zero-order chi connectivity index (χ0) is 15.2. The molecule has 1 heterocycles. The van der Waals surface area contributed by atoms with Gasteiger partial charge in [0.05, 0.1) is 6.10 Å². The number of hydrogen-bond acceptors (Lipinski definition) is 2. The highest BCUT2D eigenvalue weighted by Crippen LogP contribution is 2.35. The van der Waals surface area contributed by atoms with E-state index in [2.05, 4.69) is 15.2 Å². The lowest BCUT2D eigenvalue weighted by molar-refractivity contribution is 0.0573. The Balaban J connectivity index is 1.33. The summed E-state index contributed by atoms with van der Waals surface area (Å²) >= 11 is 0. The Bertz CT molecular complexity index is 351. The van der Waals surface area contributed by atoms with E-state index in [-0.39, 0.29) is 0 Å². The molecule has 4 heteroatoms. The number of hydrogen-bond donors (Lipinski definition) is 1. The van der Waals surface area contributed by atoms with Gasteiger partial charge in [-0.3, -0.25) is 4.99 Å². The van der Waals surface area contributed by atoms with Crippen LogP contribution in [0.5, 0.6) is 0 Å². The molecule has 2 aliphatic carbocycles. The lowest BCUT2D eigenvalue weighted by Gasteiger charge is -2.22. The molecule has 126 valence electrons. The van der Waals surface area contributed by atoms with Gasteiger partial charge >= 0.3 is 0 Å². The van der Waals surface area contributed by atoms with E-state index in [1.165, 1.54) is 64.5 Å². The van der Waals surface area contributed by atoms with Crippen molar-refractivity contribution in [3.8, 4) is 0 Å². The van der Waals surface area contributed by atoms with Crippen LogP contribution in [0, 0.1) is 11.8 Å². The van der Waals surface area contributed by atoms with Crippen LogP contribution >= 0.6 is 0 Å². The van der Waals surface area contributed by atoms with E-state index in [1.807, 2.05) is 7.05 Å². The monoisotopic (exact) mass is 307 g/mol. The number of fused-ring (bicyclic) bond motifs is 1. The Morgan fingerprint density at radius 2 is 1.68 bits per heavy atom. The van der Waals surface area contributed by atoms with Crippen LogP contribution in [-0.4, -0.2) is 50.3 Å². The fraction of sp³-hybridized carbons (Fsp3) is 0.944. The molecule has 0 spiro atoms. The van der Waals surface area contributed by atoms with Crippen molar-refractivity contribution < 1.29 is 4.74 Å². The minimum atomic E-state index is 0.543. The summed E-state index contributed by atoms with van der Waals surface area (Å²) in [6, 6.07) is 0. The Labute approximate surface area is 135 Å². The van der Waals surface area contributed by atoms with Gasteiger partial charge in [-0.25, -0.2) is 0 Å². The maximum atomic E-state index is 5.93. The second-order valence-electron chi connectivity index (χ2n) is 7.31. The van der Waals surface area contributed by atoms with Gasteiger partial charge in [0, 0.05) is 33.3 Å². The molecule has 2 unspecified atom stereocenters. The van der Waals surface area contributed by atoms with E-state index in [9.17, 15) is 0 Å². The third kappa shape index (κ3) is 4.15. The fourth-order valence-corrected chi connectivity index (χ4v) is 4.49. The minimum Gasteiger partial charge on any atom is -0.378 e. The van der Waals surface area contributed by atoms with Gasteiger partial charge in [0.15, 0.2) is 5.96 Å². The predicted molar refractivity (Wildman–Crippen MR) is 91.2 cm³/mol. The van der Waals surface area contributed by atoms with Crippen molar-refractivity contribution in [2.24, 2.45) is 16.8 Å². The van der Waals surface area contributed by atoms with Crippen LogP contribution in [0.4, 0.5) is 0 Å². The van der Waals surface area contributed by atoms with Crippen LogP contribution in [0.2, 0.25) is 0 Å². The smallest absolute Gasteiger partial charge is 0.193 e. The molecule has 2 saturated carbocycles. The number of aliphatic imine (C=N–C) groups is 1. The van der Waals surface area contributed by atoms with E-state index in [4.69, 9.17) is 4.74 Å². The highest BCUT2D eigenvalue weighted by molar-refractivity contribution is 5.80. The average Bonchev–Trinajstić information content (AvgIpc) is 3.19. The minimum absolute atomic E-state index is 0.543. The van der Waals surface area contributed by atoms with E-state index in [0.29, 0.717) is 6.10 Å². The van der Waals surface area contributed by atoms with Gasteiger partial charge in [-0.2, -0.15) is 0 Å². The molecule has 0 aromatic carbocycles. The van der Waals surface area contributed by atoms with Crippen molar-refractivity contribution in [2.75, 3.05) is 33.3 Å². The van der Waals surface area contributed by atoms with E-state index in [0.717, 1.165) is 37.4 Å². The number of ether oxygens (including phenoxy) is 1. The highest BCUT2D eigenvalue weighted by atomic mass is 16.5. The SMILES string of the molecule is CN=C(NCCCOC1CCCC1)N1CC2CCCCC2C1. The third-order valence-electron chi connectivity index (χ3n) is 5.75. The second-order valence-corrected chi connectivity index (χ2v) is 7.31. The van der Waals surface area contributed by atoms with Crippen LogP contribution in [0.15, 0.2) is 4.99 Å². The number of nitrogens with zero attached hydrogens (tertiary/aromatic N) is 2. The van der Waals surface area contributed by atoms with E-state index >= 15 is 0 Å². The predicted octanol–water partition coefficient (Wildman–Crippen LogP) is 3.03.